The molecule has 68 valence electrons. The summed E-state index contributed by atoms with van der Waals surface area (Å²) in [7, 11) is 0. The molecule has 1 nitrogen and oxygen atoms in total. The van der Waals surface area contributed by atoms with Gasteiger partial charge in [-0.1, -0.05) is 26.2 Å². The molecule has 0 rings (SSSR count). The molecule has 0 fully saturated rings. The zero-order chi connectivity index (χ0) is 8.36. The van der Waals surface area contributed by atoms with Gasteiger partial charge in [0.25, 0.3) is 0 Å². The molecule has 0 aromatic heterocycles. The number of nitrogens with one attached hydrogen (secondary N) is 1. The van der Waals surface area contributed by atoms with E-state index in [0.717, 1.165) is 12.3 Å². The second kappa shape index (κ2) is 10.3. The van der Waals surface area contributed by atoms with Crippen molar-refractivity contribution in [3.8, 4) is 0 Å². The molecule has 0 bridgehead atoms. The van der Waals surface area contributed by atoms with Crippen molar-refractivity contribution in [2.24, 2.45) is 0 Å². The van der Waals surface area contributed by atoms with Crippen molar-refractivity contribution in [1.82, 2.24) is 5.32 Å². The first-order valence-electron chi connectivity index (χ1n) is 4.73. The van der Waals surface area contributed by atoms with Gasteiger partial charge in [0.15, 0.2) is 0 Å². The molecule has 0 saturated heterocycles. The fourth-order valence-electron chi connectivity index (χ4n) is 1.01. The van der Waals surface area contributed by atoms with Crippen LogP contribution in [0.1, 0.15) is 39.0 Å². The Morgan fingerprint density at radius 1 is 1.00 bits per heavy atom. The van der Waals surface area contributed by atoms with Crippen LogP contribution in [-0.4, -0.2) is 18.8 Å². The van der Waals surface area contributed by atoms with Crippen LogP contribution in [0, 0.1) is 0 Å². The molecule has 0 aliphatic rings. The summed E-state index contributed by atoms with van der Waals surface area (Å²) < 4.78 is 0. The topological polar surface area (TPSA) is 12.0 Å². The van der Waals surface area contributed by atoms with Crippen LogP contribution in [0.2, 0.25) is 0 Å². The largest absolute Gasteiger partial charge is 0.317 e. The van der Waals surface area contributed by atoms with E-state index >= 15 is 0 Å². The average molecular weight is 175 g/mol. The van der Waals surface area contributed by atoms with Crippen molar-refractivity contribution < 1.29 is 0 Å². The maximum Gasteiger partial charge on any atom is -0.00411 e. The molecule has 0 aromatic rings. The van der Waals surface area contributed by atoms with E-state index in [1.54, 1.807) is 0 Å². The zero-order valence-electron chi connectivity index (χ0n) is 7.60. The van der Waals surface area contributed by atoms with E-state index in [1.165, 1.54) is 38.6 Å². The molecule has 0 heterocycles. The lowest BCUT2D eigenvalue weighted by Crippen LogP contribution is -2.16. The lowest BCUT2D eigenvalue weighted by atomic mass is 10.2. The molecule has 0 aliphatic carbocycles. The Labute approximate surface area is 76.4 Å². The van der Waals surface area contributed by atoms with E-state index in [1.807, 2.05) is 0 Å². The van der Waals surface area contributed by atoms with Crippen molar-refractivity contribution in [3.63, 3.8) is 0 Å². The predicted molar refractivity (Wildman–Crippen MR) is 55.5 cm³/mol. The van der Waals surface area contributed by atoms with Gasteiger partial charge < -0.3 is 5.32 Å². The third-order valence-corrected chi connectivity index (χ3v) is 2.04. The molecular weight excluding hydrogens is 154 g/mol. The molecule has 0 amide bonds. The summed E-state index contributed by atoms with van der Waals surface area (Å²) in [6.45, 7) is 4.57. The fraction of sp³-hybridized carbons (Fsp3) is 1.00. The van der Waals surface area contributed by atoms with Gasteiger partial charge in [-0.05, 0) is 31.7 Å². The smallest absolute Gasteiger partial charge is 0.00411 e. The van der Waals surface area contributed by atoms with Crippen LogP contribution in [0.4, 0.5) is 0 Å². The highest BCUT2D eigenvalue weighted by atomic mass is 32.1. The Morgan fingerprint density at radius 3 is 2.36 bits per heavy atom. The molecule has 0 radical (unpaired) electrons. The molecule has 0 aromatic carbocycles. The van der Waals surface area contributed by atoms with Gasteiger partial charge in [-0.25, -0.2) is 0 Å². The second-order valence-electron chi connectivity index (χ2n) is 2.89. The lowest BCUT2D eigenvalue weighted by Gasteiger charge is -2.01. The van der Waals surface area contributed by atoms with Crippen LogP contribution in [0.5, 0.6) is 0 Å². The fourth-order valence-corrected chi connectivity index (χ4v) is 1.16. The second-order valence-corrected chi connectivity index (χ2v) is 3.34. The van der Waals surface area contributed by atoms with Crippen LogP contribution in [0.3, 0.4) is 0 Å². The first kappa shape index (κ1) is 11.3. The van der Waals surface area contributed by atoms with Gasteiger partial charge in [0.05, 0.1) is 0 Å². The van der Waals surface area contributed by atoms with Crippen LogP contribution >= 0.6 is 12.6 Å². The van der Waals surface area contributed by atoms with Crippen LogP contribution in [-0.2, 0) is 0 Å². The van der Waals surface area contributed by atoms with Crippen molar-refractivity contribution in [3.05, 3.63) is 0 Å². The minimum Gasteiger partial charge on any atom is -0.317 e. The van der Waals surface area contributed by atoms with Gasteiger partial charge in [0.2, 0.25) is 0 Å². The van der Waals surface area contributed by atoms with Crippen molar-refractivity contribution in [1.29, 1.82) is 0 Å². The maximum absolute atomic E-state index is 4.14. The molecule has 0 saturated carbocycles. The highest BCUT2D eigenvalue weighted by Crippen LogP contribution is 1.96. The molecule has 0 spiro atoms. The lowest BCUT2D eigenvalue weighted by molar-refractivity contribution is 0.596. The minimum atomic E-state index is 1.00. The number of hydrogen-bond donors (Lipinski definition) is 2. The van der Waals surface area contributed by atoms with Crippen LogP contribution < -0.4 is 5.32 Å². The van der Waals surface area contributed by atoms with E-state index in [0.29, 0.717) is 0 Å². The summed E-state index contributed by atoms with van der Waals surface area (Å²) in [5.74, 6) is 1.00. The van der Waals surface area contributed by atoms with Gasteiger partial charge in [-0.2, -0.15) is 12.6 Å². The maximum atomic E-state index is 4.14. The van der Waals surface area contributed by atoms with Crippen LogP contribution in [0.15, 0.2) is 0 Å². The SMILES string of the molecule is CCCCCCNCCCS. The quantitative estimate of drug-likeness (QED) is 0.426. The van der Waals surface area contributed by atoms with Gasteiger partial charge in [0.1, 0.15) is 0 Å². The van der Waals surface area contributed by atoms with Gasteiger partial charge in [-0.3, -0.25) is 0 Å². The Balaban J connectivity index is 2.69. The molecule has 2 heteroatoms. The highest BCUT2D eigenvalue weighted by Gasteiger charge is 1.87. The molecule has 0 unspecified atom stereocenters. The Bertz CT molecular complexity index is 58.6. The average Bonchev–Trinajstić information content (AvgIpc) is 2.03. The Morgan fingerprint density at radius 2 is 1.73 bits per heavy atom. The minimum absolute atomic E-state index is 1.00. The Kier molecular flexibility index (Phi) is 10.6. The van der Waals surface area contributed by atoms with Crippen LogP contribution in [0.25, 0.3) is 0 Å². The molecule has 11 heavy (non-hydrogen) atoms. The molecule has 1 N–H and O–H groups in total. The van der Waals surface area contributed by atoms with Crippen molar-refractivity contribution in [2.45, 2.75) is 39.0 Å². The third kappa shape index (κ3) is 10.3. The summed E-state index contributed by atoms with van der Waals surface area (Å²) in [6, 6.07) is 0. The molecule has 0 atom stereocenters. The number of thiol groups is 1. The third-order valence-electron chi connectivity index (χ3n) is 1.72. The van der Waals surface area contributed by atoms with E-state index in [-0.39, 0.29) is 0 Å². The summed E-state index contributed by atoms with van der Waals surface area (Å²) in [6.07, 6.45) is 6.62. The van der Waals surface area contributed by atoms with E-state index in [9.17, 15) is 0 Å². The van der Waals surface area contributed by atoms with Gasteiger partial charge in [0, 0.05) is 0 Å². The number of rotatable bonds is 8. The summed E-state index contributed by atoms with van der Waals surface area (Å²) in [5.41, 5.74) is 0. The first-order chi connectivity index (χ1) is 5.41. The summed E-state index contributed by atoms with van der Waals surface area (Å²) >= 11 is 4.14. The molecule has 0 aliphatic heterocycles. The predicted octanol–water partition coefficient (Wildman–Crippen LogP) is 2.48. The number of hydrogen-bond acceptors (Lipinski definition) is 2. The highest BCUT2D eigenvalue weighted by molar-refractivity contribution is 7.80. The monoisotopic (exact) mass is 175 g/mol. The van der Waals surface area contributed by atoms with Crippen molar-refractivity contribution in [2.75, 3.05) is 18.8 Å². The zero-order valence-corrected chi connectivity index (χ0v) is 8.50. The Hall–Kier alpha value is 0.310. The number of unbranched alkanes of at least 4 members (excludes halogenated alkanes) is 3. The normalized spacial score (nSPS) is 10.4. The first-order valence-corrected chi connectivity index (χ1v) is 5.36. The summed E-state index contributed by atoms with van der Waals surface area (Å²) in [5, 5.41) is 3.40. The van der Waals surface area contributed by atoms with Gasteiger partial charge in [-0.15, -0.1) is 0 Å². The van der Waals surface area contributed by atoms with Crippen molar-refractivity contribution >= 4 is 12.6 Å². The van der Waals surface area contributed by atoms with E-state index in [4.69, 9.17) is 0 Å². The summed E-state index contributed by atoms with van der Waals surface area (Å²) in [4.78, 5) is 0. The van der Waals surface area contributed by atoms with E-state index in [2.05, 4.69) is 24.9 Å². The molecular formula is C9H21NS. The standard InChI is InChI=1S/C9H21NS/c1-2-3-4-5-7-10-8-6-9-11/h10-11H,2-9H2,1H3. The van der Waals surface area contributed by atoms with Gasteiger partial charge >= 0.3 is 0 Å². The van der Waals surface area contributed by atoms with E-state index < -0.39 is 0 Å².